The Balaban J connectivity index is 1.72. The second-order valence-corrected chi connectivity index (χ2v) is 6.08. The van der Waals surface area contributed by atoms with Crippen LogP contribution < -0.4 is 5.32 Å². The van der Waals surface area contributed by atoms with Gasteiger partial charge < -0.3 is 14.6 Å². The number of esters is 1. The molecule has 0 saturated carbocycles. The SMILES string of the molecule is CCOC(=O)c1cccc(NC(=O)c2ccc(Cn3ccnc3)cc2)c1C. The smallest absolute Gasteiger partial charge is 0.338 e. The number of anilines is 1. The summed E-state index contributed by atoms with van der Waals surface area (Å²) >= 11 is 0. The molecule has 0 radical (unpaired) electrons. The van der Waals surface area contributed by atoms with Crippen molar-refractivity contribution in [3.8, 4) is 0 Å². The first-order valence-corrected chi connectivity index (χ1v) is 8.71. The summed E-state index contributed by atoms with van der Waals surface area (Å²) in [6.45, 7) is 4.55. The van der Waals surface area contributed by atoms with Crippen LogP contribution in [0.1, 0.15) is 38.8 Å². The number of ether oxygens (including phenoxy) is 1. The largest absolute Gasteiger partial charge is 0.462 e. The molecule has 0 aliphatic heterocycles. The van der Waals surface area contributed by atoms with Crippen molar-refractivity contribution >= 4 is 17.6 Å². The third kappa shape index (κ3) is 4.41. The van der Waals surface area contributed by atoms with Crippen molar-refractivity contribution in [2.75, 3.05) is 11.9 Å². The van der Waals surface area contributed by atoms with Gasteiger partial charge in [0, 0.05) is 30.2 Å². The Labute approximate surface area is 157 Å². The number of amides is 1. The van der Waals surface area contributed by atoms with Crippen molar-refractivity contribution in [2.24, 2.45) is 0 Å². The third-order valence-electron chi connectivity index (χ3n) is 4.22. The van der Waals surface area contributed by atoms with Crippen LogP contribution in [0.5, 0.6) is 0 Å². The summed E-state index contributed by atoms with van der Waals surface area (Å²) < 4.78 is 7.01. The molecule has 6 nitrogen and oxygen atoms in total. The van der Waals surface area contributed by atoms with E-state index in [-0.39, 0.29) is 5.91 Å². The van der Waals surface area contributed by atoms with Crippen LogP contribution in [0.2, 0.25) is 0 Å². The number of hydrogen-bond acceptors (Lipinski definition) is 4. The predicted octanol–water partition coefficient (Wildman–Crippen LogP) is 3.67. The van der Waals surface area contributed by atoms with E-state index in [1.165, 1.54) is 0 Å². The highest BCUT2D eigenvalue weighted by atomic mass is 16.5. The molecule has 0 aliphatic rings. The fourth-order valence-corrected chi connectivity index (χ4v) is 2.75. The highest BCUT2D eigenvalue weighted by Gasteiger charge is 2.14. The minimum atomic E-state index is -0.394. The van der Waals surface area contributed by atoms with Gasteiger partial charge in [-0.1, -0.05) is 18.2 Å². The molecule has 1 heterocycles. The molecule has 138 valence electrons. The lowest BCUT2D eigenvalue weighted by Gasteiger charge is -2.12. The minimum absolute atomic E-state index is 0.228. The summed E-state index contributed by atoms with van der Waals surface area (Å²) in [5, 5.41) is 2.87. The summed E-state index contributed by atoms with van der Waals surface area (Å²) in [6, 6.07) is 12.6. The molecule has 0 aliphatic carbocycles. The van der Waals surface area contributed by atoms with E-state index < -0.39 is 5.97 Å². The van der Waals surface area contributed by atoms with Gasteiger partial charge in [-0.2, -0.15) is 0 Å². The monoisotopic (exact) mass is 363 g/mol. The Hall–Kier alpha value is -3.41. The number of hydrogen-bond donors (Lipinski definition) is 1. The van der Waals surface area contributed by atoms with Gasteiger partial charge >= 0.3 is 5.97 Å². The van der Waals surface area contributed by atoms with Crippen molar-refractivity contribution in [3.63, 3.8) is 0 Å². The number of benzene rings is 2. The van der Waals surface area contributed by atoms with Gasteiger partial charge in [-0.25, -0.2) is 9.78 Å². The van der Waals surface area contributed by atoms with Crippen molar-refractivity contribution in [3.05, 3.63) is 83.4 Å². The van der Waals surface area contributed by atoms with E-state index in [2.05, 4.69) is 10.3 Å². The molecule has 0 fully saturated rings. The number of carbonyl (C=O) groups is 2. The van der Waals surface area contributed by atoms with E-state index in [0.717, 1.165) is 5.56 Å². The van der Waals surface area contributed by atoms with Gasteiger partial charge in [0.15, 0.2) is 0 Å². The average Bonchev–Trinajstić information content (AvgIpc) is 3.17. The van der Waals surface area contributed by atoms with Crippen LogP contribution in [0.4, 0.5) is 5.69 Å². The second-order valence-electron chi connectivity index (χ2n) is 6.08. The Morgan fingerprint density at radius 1 is 1.15 bits per heavy atom. The van der Waals surface area contributed by atoms with Crippen LogP contribution in [0.3, 0.4) is 0 Å². The molecule has 27 heavy (non-hydrogen) atoms. The molecule has 3 rings (SSSR count). The molecule has 0 unspecified atom stereocenters. The van der Waals surface area contributed by atoms with Crippen molar-refractivity contribution < 1.29 is 14.3 Å². The quantitative estimate of drug-likeness (QED) is 0.678. The average molecular weight is 363 g/mol. The molecular formula is C21H21N3O3. The fraction of sp³-hybridized carbons (Fsp3) is 0.190. The van der Waals surface area contributed by atoms with Crippen LogP contribution in [-0.2, 0) is 11.3 Å². The molecule has 2 aromatic carbocycles. The van der Waals surface area contributed by atoms with Crippen LogP contribution in [0.25, 0.3) is 0 Å². The lowest BCUT2D eigenvalue weighted by Crippen LogP contribution is -2.15. The van der Waals surface area contributed by atoms with Crippen LogP contribution >= 0.6 is 0 Å². The molecule has 0 spiro atoms. The standard InChI is InChI=1S/C21H21N3O3/c1-3-27-21(26)18-5-4-6-19(15(18)2)23-20(25)17-9-7-16(8-10-17)13-24-12-11-22-14-24/h4-12,14H,3,13H2,1-2H3,(H,23,25). The van der Waals surface area contributed by atoms with Crippen LogP contribution in [0.15, 0.2) is 61.2 Å². The first-order chi connectivity index (χ1) is 13.1. The molecule has 0 bridgehead atoms. The topological polar surface area (TPSA) is 73.2 Å². The first-order valence-electron chi connectivity index (χ1n) is 8.71. The number of carbonyl (C=O) groups excluding carboxylic acids is 2. The van der Waals surface area contributed by atoms with E-state index in [1.807, 2.05) is 22.9 Å². The van der Waals surface area contributed by atoms with Crippen LogP contribution in [-0.4, -0.2) is 28.0 Å². The highest BCUT2D eigenvalue weighted by Crippen LogP contribution is 2.21. The van der Waals surface area contributed by atoms with Gasteiger partial charge in [0.05, 0.1) is 18.5 Å². The Kier molecular flexibility index (Phi) is 5.66. The van der Waals surface area contributed by atoms with Gasteiger partial charge in [-0.05, 0) is 49.2 Å². The Morgan fingerprint density at radius 2 is 1.93 bits per heavy atom. The minimum Gasteiger partial charge on any atom is -0.462 e. The number of imidazole rings is 1. The van der Waals surface area contributed by atoms with E-state index in [4.69, 9.17) is 4.74 Å². The van der Waals surface area contributed by atoms with Gasteiger partial charge in [-0.3, -0.25) is 4.79 Å². The predicted molar refractivity (Wildman–Crippen MR) is 103 cm³/mol. The molecular weight excluding hydrogens is 342 g/mol. The zero-order valence-corrected chi connectivity index (χ0v) is 15.3. The van der Waals surface area contributed by atoms with Gasteiger partial charge in [0.25, 0.3) is 5.91 Å². The number of rotatable bonds is 6. The summed E-state index contributed by atoms with van der Waals surface area (Å²) in [4.78, 5) is 28.6. The Bertz CT molecular complexity index is 932. The van der Waals surface area contributed by atoms with Crippen molar-refractivity contribution in [2.45, 2.75) is 20.4 Å². The third-order valence-corrected chi connectivity index (χ3v) is 4.22. The summed E-state index contributed by atoms with van der Waals surface area (Å²) in [6.07, 6.45) is 5.37. The molecule has 0 atom stereocenters. The molecule has 3 aromatic rings. The Morgan fingerprint density at radius 3 is 2.59 bits per heavy atom. The van der Waals surface area contributed by atoms with Gasteiger partial charge in [-0.15, -0.1) is 0 Å². The van der Waals surface area contributed by atoms with E-state index >= 15 is 0 Å². The van der Waals surface area contributed by atoms with Gasteiger partial charge in [0.2, 0.25) is 0 Å². The van der Waals surface area contributed by atoms with E-state index in [9.17, 15) is 9.59 Å². The molecule has 6 heteroatoms. The maximum atomic E-state index is 12.6. The zero-order chi connectivity index (χ0) is 19.2. The van der Waals surface area contributed by atoms with Crippen molar-refractivity contribution in [1.29, 1.82) is 0 Å². The lowest BCUT2D eigenvalue weighted by atomic mass is 10.1. The molecule has 0 saturated heterocycles. The highest BCUT2D eigenvalue weighted by molar-refractivity contribution is 6.05. The lowest BCUT2D eigenvalue weighted by molar-refractivity contribution is 0.0525. The maximum Gasteiger partial charge on any atom is 0.338 e. The summed E-state index contributed by atoms with van der Waals surface area (Å²) in [5.74, 6) is -0.622. The zero-order valence-electron chi connectivity index (χ0n) is 15.3. The van der Waals surface area contributed by atoms with Crippen molar-refractivity contribution in [1.82, 2.24) is 9.55 Å². The summed E-state index contributed by atoms with van der Waals surface area (Å²) in [5.41, 5.74) is 3.34. The maximum absolute atomic E-state index is 12.6. The fourth-order valence-electron chi connectivity index (χ4n) is 2.75. The number of aromatic nitrogens is 2. The molecule has 1 amide bonds. The second kappa shape index (κ2) is 8.31. The summed E-state index contributed by atoms with van der Waals surface area (Å²) in [7, 11) is 0. The van der Waals surface area contributed by atoms with E-state index in [0.29, 0.717) is 35.5 Å². The van der Waals surface area contributed by atoms with Gasteiger partial charge in [0.1, 0.15) is 0 Å². The molecule has 1 aromatic heterocycles. The number of nitrogens with zero attached hydrogens (tertiary/aromatic N) is 2. The number of nitrogens with one attached hydrogen (secondary N) is 1. The van der Waals surface area contributed by atoms with Crippen LogP contribution in [0, 0.1) is 6.92 Å². The first kappa shape index (κ1) is 18.4. The molecule has 1 N–H and O–H groups in total. The van der Waals surface area contributed by atoms with E-state index in [1.54, 1.807) is 56.7 Å². The normalized spacial score (nSPS) is 10.4.